The van der Waals surface area contributed by atoms with E-state index < -0.39 is 0 Å². The molecule has 0 bridgehead atoms. The van der Waals surface area contributed by atoms with Crippen LogP contribution in [-0.4, -0.2) is 58.5 Å². The lowest BCUT2D eigenvalue weighted by Gasteiger charge is -2.32. The quantitative estimate of drug-likeness (QED) is 0.644. The van der Waals surface area contributed by atoms with Gasteiger partial charge < -0.3 is 9.47 Å². The first-order valence-electron chi connectivity index (χ1n) is 5.45. The van der Waals surface area contributed by atoms with Crippen LogP contribution in [0.15, 0.2) is 6.33 Å². The van der Waals surface area contributed by atoms with Gasteiger partial charge in [0.15, 0.2) is 0 Å². The van der Waals surface area contributed by atoms with Crippen LogP contribution in [0.1, 0.15) is 5.82 Å². The molecule has 7 heteroatoms. The molecule has 1 aromatic rings. The molecule has 0 saturated carbocycles. The number of ether oxygens (including phenoxy) is 2. The number of esters is 1. The van der Waals surface area contributed by atoms with E-state index in [2.05, 4.69) is 10.1 Å². The Hall–Kier alpha value is -1.47. The minimum absolute atomic E-state index is 0.271. The maximum absolute atomic E-state index is 11.6. The van der Waals surface area contributed by atoms with Gasteiger partial charge in [0.1, 0.15) is 18.2 Å². The summed E-state index contributed by atoms with van der Waals surface area (Å²) in [6.07, 6.45) is 1.50. The molecule has 1 aliphatic heterocycles. The monoisotopic (exact) mass is 240 g/mol. The fourth-order valence-corrected chi connectivity index (χ4v) is 1.83. The first-order valence-corrected chi connectivity index (χ1v) is 5.45. The Bertz CT molecular complexity index is 393. The molecule has 1 saturated heterocycles. The molecule has 0 aromatic carbocycles. The molecule has 1 aromatic heterocycles. The SMILES string of the molecule is COC(=O)C1COCCN1Cc1ncnn1C. The van der Waals surface area contributed by atoms with Crippen molar-refractivity contribution >= 4 is 5.97 Å². The number of aromatic nitrogens is 3. The molecular weight excluding hydrogens is 224 g/mol. The van der Waals surface area contributed by atoms with Crippen LogP contribution in [0.25, 0.3) is 0 Å². The highest BCUT2D eigenvalue weighted by Crippen LogP contribution is 2.11. The van der Waals surface area contributed by atoms with Crippen molar-refractivity contribution in [2.75, 3.05) is 26.9 Å². The van der Waals surface area contributed by atoms with E-state index in [9.17, 15) is 4.79 Å². The number of hydrogen-bond donors (Lipinski definition) is 0. The first kappa shape index (κ1) is 12.0. The lowest BCUT2D eigenvalue weighted by atomic mass is 10.2. The van der Waals surface area contributed by atoms with Crippen LogP contribution in [-0.2, 0) is 27.9 Å². The summed E-state index contributed by atoms with van der Waals surface area (Å²) in [6.45, 7) is 2.24. The molecule has 2 rings (SSSR count). The first-order chi connectivity index (χ1) is 8.22. The minimum Gasteiger partial charge on any atom is -0.468 e. The number of methoxy groups -OCH3 is 1. The van der Waals surface area contributed by atoms with Gasteiger partial charge >= 0.3 is 5.97 Å². The Balaban J connectivity index is 2.06. The van der Waals surface area contributed by atoms with Gasteiger partial charge in [0.05, 0.1) is 26.9 Å². The Morgan fingerprint density at radius 2 is 2.53 bits per heavy atom. The van der Waals surface area contributed by atoms with E-state index in [1.807, 2.05) is 11.9 Å². The minimum atomic E-state index is -0.356. The van der Waals surface area contributed by atoms with Gasteiger partial charge in [0.25, 0.3) is 0 Å². The third-order valence-corrected chi connectivity index (χ3v) is 2.86. The van der Waals surface area contributed by atoms with Gasteiger partial charge in [-0.25, -0.2) is 4.98 Å². The maximum atomic E-state index is 11.6. The molecule has 0 spiro atoms. The second-order valence-corrected chi connectivity index (χ2v) is 3.88. The summed E-state index contributed by atoms with van der Waals surface area (Å²) in [5.41, 5.74) is 0. The highest BCUT2D eigenvalue weighted by molar-refractivity contribution is 5.75. The van der Waals surface area contributed by atoms with Crippen molar-refractivity contribution in [3.8, 4) is 0 Å². The Labute approximate surface area is 99.3 Å². The fourth-order valence-electron chi connectivity index (χ4n) is 1.83. The number of carbonyl (C=O) groups excluding carboxylic acids is 1. The van der Waals surface area contributed by atoms with Gasteiger partial charge in [-0.05, 0) is 0 Å². The molecule has 1 unspecified atom stereocenters. The average molecular weight is 240 g/mol. The molecular formula is C10H16N4O3. The standard InChI is InChI=1S/C10H16N4O3/c1-13-9(11-7-12-13)5-14-3-4-17-6-8(14)10(15)16-2/h7-8H,3-6H2,1-2H3. The number of hydrogen-bond acceptors (Lipinski definition) is 6. The Kier molecular flexibility index (Phi) is 3.70. The van der Waals surface area contributed by atoms with Gasteiger partial charge in [-0.1, -0.05) is 0 Å². The van der Waals surface area contributed by atoms with Gasteiger partial charge in [-0.3, -0.25) is 14.4 Å². The van der Waals surface area contributed by atoms with Crippen molar-refractivity contribution in [1.29, 1.82) is 0 Å². The van der Waals surface area contributed by atoms with E-state index in [1.165, 1.54) is 13.4 Å². The normalized spacial score (nSPS) is 21.4. The van der Waals surface area contributed by atoms with Gasteiger partial charge in [-0.2, -0.15) is 5.10 Å². The topological polar surface area (TPSA) is 69.5 Å². The Morgan fingerprint density at radius 1 is 1.71 bits per heavy atom. The third kappa shape index (κ3) is 2.62. The summed E-state index contributed by atoms with van der Waals surface area (Å²) in [7, 11) is 3.22. The molecule has 0 radical (unpaired) electrons. The van der Waals surface area contributed by atoms with E-state index in [-0.39, 0.29) is 12.0 Å². The van der Waals surface area contributed by atoms with Crippen LogP contribution >= 0.6 is 0 Å². The molecule has 1 atom stereocenters. The van der Waals surface area contributed by atoms with Crippen molar-refractivity contribution in [3.63, 3.8) is 0 Å². The molecule has 1 fully saturated rings. The van der Waals surface area contributed by atoms with Crippen LogP contribution in [0.2, 0.25) is 0 Å². The molecule has 17 heavy (non-hydrogen) atoms. The van der Waals surface area contributed by atoms with Crippen LogP contribution < -0.4 is 0 Å². The summed E-state index contributed by atoms with van der Waals surface area (Å²) < 4.78 is 11.8. The molecule has 7 nitrogen and oxygen atoms in total. The second-order valence-electron chi connectivity index (χ2n) is 3.88. The van der Waals surface area contributed by atoms with Crippen LogP contribution in [0.4, 0.5) is 0 Å². The van der Waals surface area contributed by atoms with Crippen molar-refractivity contribution in [1.82, 2.24) is 19.7 Å². The number of aryl methyl sites for hydroxylation is 1. The van der Waals surface area contributed by atoms with Crippen molar-refractivity contribution in [2.24, 2.45) is 7.05 Å². The summed E-state index contributed by atoms with van der Waals surface area (Å²) >= 11 is 0. The molecule has 94 valence electrons. The van der Waals surface area contributed by atoms with Crippen molar-refractivity contribution in [3.05, 3.63) is 12.2 Å². The number of rotatable bonds is 3. The van der Waals surface area contributed by atoms with Crippen molar-refractivity contribution in [2.45, 2.75) is 12.6 Å². The molecule has 2 heterocycles. The van der Waals surface area contributed by atoms with Gasteiger partial charge in [0.2, 0.25) is 0 Å². The van der Waals surface area contributed by atoms with E-state index in [0.29, 0.717) is 26.3 Å². The van der Waals surface area contributed by atoms with Crippen LogP contribution in [0.5, 0.6) is 0 Å². The predicted octanol–water partition coefficient (Wildman–Crippen LogP) is -0.811. The Morgan fingerprint density at radius 3 is 3.18 bits per heavy atom. The zero-order chi connectivity index (χ0) is 12.3. The van der Waals surface area contributed by atoms with E-state index in [1.54, 1.807) is 4.68 Å². The highest BCUT2D eigenvalue weighted by atomic mass is 16.5. The van der Waals surface area contributed by atoms with Gasteiger partial charge in [0, 0.05) is 13.6 Å². The average Bonchev–Trinajstić information content (AvgIpc) is 2.75. The molecule has 0 aliphatic carbocycles. The van der Waals surface area contributed by atoms with E-state index in [4.69, 9.17) is 9.47 Å². The molecule has 1 aliphatic rings. The van der Waals surface area contributed by atoms with Crippen molar-refractivity contribution < 1.29 is 14.3 Å². The zero-order valence-corrected chi connectivity index (χ0v) is 10.00. The molecule has 0 N–H and O–H groups in total. The number of nitrogens with zero attached hydrogens (tertiary/aromatic N) is 4. The van der Waals surface area contributed by atoms with E-state index >= 15 is 0 Å². The third-order valence-electron chi connectivity index (χ3n) is 2.86. The van der Waals surface area contributed by atoms with E-state index in [0.717, 1.165) is 5.82 Å². The number of morpholine rings is 1. The highest BCUT2D eigenvalue weighted by Gasteiger charge is 2.30. The summed E-state index contributed by atoms with van der Waals surface area (Å²) in [4.78, 5) is 17.8. The smallest absolute Gasteiger partial charge is 0.325 e. The second kappa shape index (κ2) is 5.24. The predicted molar refractivity (Wildman–Crippen MR) is 58.0 cm³/mol. The lowest BCUT2D eigenvalue weighted by Crippen LogP contribution is -2.50. The lowest BCUT2D eigenvalue weighted by molar-refractivity contribution is -0.153. The van der Waals surface area contributed by atoms with Crippen LogP contribution in [0, 0.1) is 0 Å². The summed E-state index contributed by atoms with van der Waals surface area (Å²) in [6, 6.07) is -0.356. The maximum Gasteiger partial charge on any atom is 0.325 e. The van der Waals surface area contributed by atoms with Gasteiger partial charge in [-0.15, -0.1) is 0 Å². The fraction of sp³-hybridized carbons (Fsp3) is 0.700. The summed E-state index contributed by atoms with van der Waals surface area (Å²) in [5.74, 6) is 0.549. The number of carbonyl (C=O) groups is 1. The largest absolute Gasteiger partial charge is 0.468 e. The summed E-state index contributed by atoms with van der Waals surface area (Å²) in [5, 5.41) is 4.00. The molecule has 0 amide bonds. The zero-order valence-electron chi connectivity index (χ0n) is 10.00. The van der Waals surface area contributed by atoms with Crippen LogP contribution in [0.3, 0.4) is 0 Å².